The molecule has 1 aliphatic heterocycles. The SMILES string of the molecule is C=[N+](CCNC1CCCCC1N1CCCC1)Cc1ccccc1. The van der Waals surface area contributed by atoms with Crippen LogP contribution in [0.2, 0.25) is 0 Å². The molecule has 3 heteroatoms. The molecule has 1 heterocycles. The molecule has 3 rings (SSSR count). The molecule has 1 aromatic rings. The summed E-state index contributed by atoms with van der Waals surface area (Å²) in [7, 11) is 0. The molecule has 1 N–H and O–H groups in total. The Hall–Kier alpha value is -1.19. The second-order valence-corrected chi connectivity index (χ2v) is 7.19. The van der Waals surface area contributed by atoms with Gasteiger partial charge in [-0.15, -0.1) is 0 Å². The third kappa shape index (κ3) is 4.89. The van der Waals surface area contributed by atoms with E-state index in [1.807, 2.05) is 0 Å². The van der Waals surface area contributed by atoms with Gasteiger partial charge < -0.3 is 5.32 Å². The van der Waals surface area contributed by atoms with Gasteiger partial charge in [-0.25, -0.2) is 4.58 Å². The molecule has 1 saturated heterocycles. The van der Waals surface area contributed by atoms with Gasteiger partial charge in [0.25, 0.3) is 0 Å². The van der Waals surface area contributed by atoms with Gasteiger partial charge in [0.1, 0.15) is 6.72 Å². The Morgan fingerprint density at radius 2 is 1.78 bits per heavy atom. The van der Waals surface area contributed by atoms with Gasteiger partial charge in [-0.2, -0.15) is 0 Å². The maximum absolute atomic E-state index is 4.20. The van der Waals surface area contributed by atoms with E-state index < -0.39 is 0 Å². The van der Waals surface area contributed by atoms with E-state index in [1.165, 1.54) is 57.2 Å². The van der Waals surface area contributed by atoms with E-state index in [9.17, 15) is 0 Å². The maximum atomic E-state index is 4.20. The molecule has 0 radical (unpaired) electrons. The normalized spacial score (nSPS) is 25.6. The Morgan fingerprint density at radius 3 is 2.57 bits per heavy atom. The van der Waals surface area contributed by atoms with Crippen molar-refractivity contribution >= 4 is 6.72 Å². The van der Waals surface area contributed by atoms with Crippen molar-refractivity contribution in [2.75, 3.05) is 26.2 Å². The van der Waals surface area contributed by atoms with Crippen molar-refractivity contribution in [3.63, 3.8) is 0 Å². The zero-order valence-electron chi connectivity index (χ0n) is 14.4. The van der Waals surface area contributed by atoms with Crippen LogP contribution in [0, 0.1) is 0 Å². The van der Waals surface area contributed by atoms with Gasteiger partial charge in [0.2, 0.25) is 0 Å². The number of benzene rings is 1. The Labute approximate surface area is 141 Å². The van der Waals surface area contributed by atoms with Crippen LogP contribution in [0.1, 0.15) is 44.1 Å². The lowest BCUT2D eigenvalue weighted by Gasteiger charge is -2.38. The summed E-state index contributed by atoms with van der Waals surface area (Å²) in [6.45, 7) is 9.82. The quantitative estimate of drug-likeness (QED) is 0.616. The second kappa shape index (κ2) is 8.60. The van der Waals surface area contributed by atoms with Gasteiger partial charge in [-0.1, -0.05) is 43.2 Å². The summed E-state index contributed by atoms with van der Waals surface area (Å²) >= 11 is 0. The zero-order chi connectivity index (χ0) is 15.9. The van der Waals surface area contributed by atoms with E-state index >= 15 is 0 Å². The van der Waals surface area contributed by atoms with E-state index in [1.54, 1.807) is 0 Å². The minimum atomic E-state index is 0.687. The number of hydrogen-bond donors (Lipinski definition) is 1. The van der Waals surface area contributed by atoms with Crippen LogP contribution < -0.4 is 5.32 Å². The Bertz CT molecular complexity index is 479. The lowest BCUT2D eigenvalue weighted by molar-refractivity contribution is -0.533. The third-order valence-electron chi connectivity index (χ3n) is 5.42. The van der Waals surface area contributed by atoms with Crippen LogP contribution in [-0.2, 0) is 6.54 Å². The fourth-order valence-corrected chi connectivity index (χ4v) is 4.19. The monoisotopic (exact) mass is 314 g/mol. The van der Waals surface area contributed by atoms with E-state index in [0.29, 0.717) is 6.04 Å². The van der Waals surface area contributed by atoms with Crippen LogP contribution in [0.4, 0.5) is 0 Å². The molecular weight excluding hydrogens is 282 g/mol. The third-order valence-corrected chi connectivity index (χ3v) is 5.42. The van der Waals surface area contributed by atoms with E-state index in [0.717, 1.165) is 25.7 Å². The Morgan fingerprint density at radius 1 is 1.04 bits per heavy atom. The van der Waals surface area contributed by atoms with Gasteiger partial charge in [0, 0.05) is 17.6 Å². The number of nitrogens with one attached hydrogen (secondary N) is 1. The molecule has 0 bridgehead atoms. The molecule has 3 nitrogen and oxygen atoms in total. The minimum Gasteiger partial charge on any atom is -0.307 e. The van der Waals surface area contributed by atoms with Gasteiger partial charge in [-0.05, 0) is 38.8 Å². The number of rotatable bonds is 7. The molecule has 2 fully saturated rings. The Kier molecular flexibility index (Phi) is 6.23. The molecule has 2 atom stereocenters. The fourth-order valence-electron chi connectivity index (χ4n) is 4.19. The Balaban J connectivity index is 1.42. The first-order chi connectivity index (χ1) is 11.3. The highest BCUT2D eigenvalue weighted by atomic mass is 15.2. The number of nitrogens with zero attached hydrogens (tertiary/aromatic N) is 2. The van der Waals surface area contributed by atoms with Crippen LogP contribution in [-0.4, -0.2) is 54.5 Å². The van der Waals surface area contributed by atoms with Crippen molar-refractivity contribution < 1.29 is 4.58 Å². The first-order valence-electron chi connectivity index (χ1n) is 9.40. The van der Waals surface area contributed by atoms with Gasteiger partial charge in [0.05, 0.1) is 6.54 Å². The molecule has 1 aromatic carbocycles. The highest BCUT2D eigenvalue weighted by Gasteiger charge is 2.31. The van der Waals surface area contributed by atoms with Gasteiger partial charge >= 0.3 is 0 Å². The highest BCUT2D eigenvalue weighted by molar-refractivity contribution is 5.17. The molecule has 126 valence electrons. The number of likely N-dealkylation sites (tertiary alicyclic amines) is 1. The summed E-state index contributed by atoms with van der Waals surface area (Å²) < 4.78 is 2.18. The van der Waals surface area contributed by atoms with Crippen molar-refractivity contribution in [1.82, 2.24) is 10.2 Å². The van der Waals surface area contributed by atoms with E-state index in [2.05, 4.69) is 51.8 Å². The molecule has 0 spiro atoms. The largest absolute Gasteiger partial charge is 0.307 e. The molecular formula is C20H32N3+. The molecule has 23 heavy (non-hydrogen) atoms. The molecule has 0 aromatic heterocycles. The van der Waals surface area contributed by atoms with E-state index in [-0.39, 0.29) is 0 Å². The topological polar surface area (TPSA) is 18.3 Å². The molecule has 1 aliphatic carbocycles. The van der Waals surface area contributed by atoms with Crippen molar-refractivity contribution in [2.45, 2.75) is 57.2 Å². The lowest BCUT2D eigenvalue weighted by Crippen LogP contribution is -2.51. The molecule has 1 saturated carbocycles. The highest BCUT2D eigenvalue weighted by Crippen LogP contribution is 2.26. The summed E-state index contributed by atoms with van der Waals surface area (Å²) in [5.41, 5.74) is 1.34. The summed E-state index contributed by atoms with van der Waals surface area (Å²) in [6.07, 6.45) is 8.32. The van der Waals surface area contributed by atoms with Crippen LogP contribution in [0.3, 0.4) is 0 Å². The van der Waals surface area contributed by atoms with Crippen molar-refractivity contribution in [3.8, 4) is 0 Å². The second-order valence-electron chi connectivity index (χ2n) is 7.19. The van der Waals surface area contributed by atoms with Crippen molar-refractivity contribution in [3.05, 3.63) is 35.9 Å². The summed E-state index contributed by atoms with van der Waals surface area (Å²) in [5, 5.41) is 3.84. The summed E-state index contributed by atoms with van der Waals surface area (Å²) in [6, 6.07) is 12.1. The van der Waals surface area contributed by atoms with Crippen molar-refractivity contribution in [1.29, 1.82) is 0 Å². The smallest absolute Gasteiger partial charge is 0.167 e. The summed E-state index contributed by atoms with van der Waals surface area (Å²) in [4.78, 5) is 2.74. The van der Waals surface area contributed by atoms with Gasteiger partial charge in [0.15, 0.2) is 13.1 Å². The standard InChI is InChI=1S/C20H32N3/c1-22(17-18-9-3-2-4-10-18)16-13-21-19-11-5-6-12-20(19)23-14-7-8-15-23/h2-4,9-10,19-21H,1,5-8,11-17H2/q+1. The first kappa shape index (κ1) is 16.7. The van der Waals surface area contributed by atoms with Crippen LogP contribution in [0.25, 0.3) is 0 Å². The van der Waals surface area contributed by atoms with Crippen molar-refractivity contribution in [2.24, 2.45) is 0 Å². The fraction of sp³-hybridized carbons (Fsp3) is 0.650. The first-order valence-corrected chi connectivity index (χ1v) is 9.40. The molecule has 2 aliphatic rings. The number of hydrogen-bond acceptors (Lipinski definition) is 2. The predicted octanol–water partition coefficient (Wildman–Crippen LogP) is 2.90. The summed E-state index contributed by atoms with van der Waals surface area (Å²) in [5.74, 6) is 0. The minimum absolute atomic E-state index is 0.687. The molecule has 0 amide bonds. The van der Waals surface area contributed by atoms with E-state index in [4.69, 9.17) is 0 Å². The van der Waals surface area contributed by atoms with Crippen LogP contribution >= 0.6 is 0 Å². The van der Waals surface area contributed by atoms with Crippen LogP contribution in [0.15, 0.2) is 30.3 Å². The van der Waals surface area contributed by atoms with Crippen LogP contribution in [0.5, 0.6) is 0 Å². The molecule has 2 unspecified atom stereocenters. The maximum Gasteiger partial charge on any atom is 0.167 e. The predicted molar refractivity (Wildman–Crippen MR) is 97.2 cm³/mol. The van der Waals surface area contributed by atoms with Gasteiger partial charge in [-0.3, -0.25) is 4.90 Å². The zero-order valence-corrected chi connectivity index (χ0v) is 14.4. The average Bonchev–Trinajstić information content (AvgIpc) is 3.10. The lowest BCUT2D eigenvalue weighted by atomic mass is 9.89. The average molecular weight is 314 g/mol.